The van der Waals surface area contributed by atoms with Gasteiger partial charge in [0.25, 0.3) is 0 Å². The molecule has 1 heterocycles. The highest BCUT2D eigenvalue weighted by atomic mass is 16.5. The molecule has 0 saturated heterocycles. The molecule has 2 atom stereocenters. The lowest BCUT2D eigenvalue weighted by molar-refractivity contribution is 0.293. The van der Waals surface area contributed by atoms with Gasteiger partial charge in [-0.25, -0.2) is 0 Å². The lowest BCUT2D eigenvalue weighted by atomic mass is 9.80. The van der Waals surface area contributed by atoms with E-state index in [1.54, 1.807) is 0 Å². The smallest absolute Gasteiger partial charge is 0.243 e. The Labute approximate surface area is 116 Å². The van der Waals surface area contributed by atoms with Crippen LogP contribution in [0.1, 0.15) is 83.0 Å². The minimum absolute atomic E-state index is 0.127. The van der Waals surface area contributed by atoms with E-state index in [0.29, 0.717) is 17.7 Å². The topological polar surface area (TPSA) is 64.9 Å². The largest absolute Gasteiger partial charge is 0.338 e. The Hall–Kier alpha value is -0.900. The van der Waals surface area contributed by atoms with Crippen molar-refractivity contribution in [2.45, 2.75) is 71.3 Å². The summed E-state index contributed by atoms with van der Waals surface area (Å²) in [5, 5.41) is 4.16. The van der Waals surface area contributed by atoms with Crippen LogP contribution in [-0.4, -0.2) is 10.1 Å². The Balaban J connectivity index is 1.97. The number of nitrogens with two attached hydrogens (primary N) is 1. The van der Waals surface area contributed by atoms with E-state index in [1.165, 1.54) is 32.1 Å². The van der Waals surface area contributed by atoms with Crippen LogP contribution in [0.3, 0.4) is 0 Å². The van der Waals surface area contributed by atoms with Crippen LogP contribution in [0, 0.1) is 11.8 Å². The second-order valence-electron chi connectivity index (χ2n) is 6.03. The molecule has 1 unspecified atom stereocenters. The molecule has 1 aromatic rings. The van der Waals surface area contributed by atoms with Crippen LogP contribution in [-0.2, 0) is 0 Å². The highest BCUT2D eigenvalue weighted by Gasteiger charge is 2.27. The van der Waals surface area contributed by atoms with Gasteiger partial charge in [0.2, 0.25) is 5.89 Å². The molecular formula is C15H27N3O. The van der Waals surface area contributed by atoms with E-state index in [4.69, 9.17) is 10.3 Å². The number of rotatable bonds is 5. The number of aromatic nitrogens is 2. The molecule has 2 N–H and O–H groups in total. The Morgan fingerprint density at radius 3 is 2.53 bits per heavy atom. The van der Waals surface area contributed by atoms with Gasteiger partial charge in [-0.2, -0.15) is 4.98 Å². The summed E-state index contributed by atoms with van der Waals surface area (Å²) < 4.78 is 5.37. The molecule has 1 aliphatic rings. The molecule has 0 spiro atoms. The fraction of sp³-hybridized carbons (Fsp3) is 0.867. The third kappa shape index (κ3) is 3.35. The first-order valence-corrected chi connectivity index (χ1v) is 7.74. The van der Waals surface area contributed by atoms with Gasteiger partial charge < -0.3 is 10.3 Å². The third-order valence-electron chi connectivity index (χ3n) is 4.79. The zero-order chi connectivity index (χ0) is 13.8. The Morgan fingerprint density at radius 1 is 1.26 bits per heavy atom. The van der Waals surface area contributed by atoms with Gasteiger partial charge in [-0.1, -0.05) is 38.8 Å². The molecule has 4 heteroatoms. The van der Waals surface area contributed by atoms with Crippen molar-refractivity contribution in [1.82, 2.24) is 10.1 Å². The highest BCUT2D eigenvalue weighted by molar-refractivity contribution is 5.00. The van der Waals surface area contributed by atoms with Crippen molar-refractivity contribution >= 4 is 0 Å². The lowest BCUT2D eigenvalue weighted by Crippen LogP contribution is -2.19. The average molecular weight is 265 g/mol. The van der Waals surface area contributed by atoms with Gasteiger partial charge in [-0.05, 0) is 37.5 Å². The van der Waals surface area contributed by atoms with E-state index < -0.39 is 0 Å². The van der Waals surface area contributed by atoms with Crippen LogP contribution in [0.15, 0.2) is 4.52 Å². The average Bonchev–Trinajstić information content (AvgIpc) is 2.95. The minimum atomic E-state index is -0.127. The Bertz CT molecular complexity index is 382. The summed E-state index contributed by atoms with van der Waals surface area (Å²) in [5.74, 6) is 3.24. The predicted octanol–water partition coefficient (Wildman–Crippen LogP) is 3.80. The molecule has 1 saturated carbocycles. The van der Waals surface area contributed by atoms with Crippen LogP contribution < -0.4 is 5.73 Å². The van der Waals surface area contributed by atoms with Crippen molar-refractivity contribution in [2.24, 2.45) is 17.6 Å². The fourth-order valence-electron chi connectivity index (χ4n) is 2.87. The molecule has 19 heavy (non-hydrogen) atoms. The summed E-state index contributed by atoms with van der Waals surface area (Å²) in [6, 6.07) is -0.127. The molecule has 1 aliphatic carbocycles. The molecule has 4 nitrogen and oxygen atoms in total. The van der Waals surface area contributed by atoms with Gasteiger partial charge in [0.05, 0.1) is 6.04 Å². The van der Waals surface area contributed by atoms with Crippen molar-refractivity contribution in [2.75, 3.05) is 0 Å². The monoisotopic (exact) mass is 265 g/mol. The van der Waals surface area contributed by atoms with E-state index in [9.17, 15) is 0 Å². The van der Waals surface area contributed by atoms with Crippen LogP contribution in [0.5, 0.6) is 0 Å². The first kappa shape index (κ1) is 14.5. The van der Waals surface area contributed by atoms with Crippen LogP contribution in [0.2, 0.25) is 0 Å². The van der Waals surface area contributed by atoms with Gasteiger partial charge in [0.15, 0.2) is 5.82 Å². The number of hydrogen-bond donors (Lipinski definition) is 1. The van der Waals surface area contributed by atoms with Gasteiger partial charge >= 0.3 is 0 Å². The molecule has 0 bridgehead atoms. The van der Waals surface area contributed by atoms with Gasteiger partial charge in [0, 0.05) is 5.92 Å². The molecule has 0 radical (unpaired) electrons. The molecule has 2 rings (SSSR count). The molecule has 0 amide bonds. The van der Waals surface area contributed by atoms with Crippen molar-refractivity contribution in [3.8, 4) is 0 Å². The minimum Gasteiger partial charge on any atom is -0.338 e. The third-order valence-corrected chi connectivity index (χ3v) is 4.79. The second-order valence-corrected chi connectivity index (χ2v) is 6.03. The quantitative estimate of drug-likeness (QED) is 0.879. The summed E-state index contributed by atoms with van der Waals surface area (Å²) in [6.45, 7) is 6.54. The second kappa shape index (κ2) is 6.51. The highest BCUT2D eigenvalue weighted by Crippen LogP contribution is 2.36. The fourth-order valence-corrected chi connectivity index (χ4v) is 2.87. The molecule has 1 aromatic heterocycles. The number of hydrogen-bond acceptors (Lipinski definition) is 4. The molecule has 0 aliphatic heterocycles. The van der Waals surface area contributed by atoms with E-state index in [1.807, 2.05) is 0 Å². The van der Waals surface area contributed by atoms with Gasteiger partial charge in [0.1, 0.15) is 0 Å². The Morgan fingerprint density at radius 2 is 1.95 bits per heavy atom. The summed E-state index contributed by atoms with van der Waals surface area (Å²) in [4.78, 5) is 4.55. The summed E-state index contributed by atoms with van der Waals surface area (Å²) >= 11 is 0. The van der Waals surface area contributed by atoms with E-state index in [2.05, 4.69) is 30.9 Å². The summed E-state index contributed by atoms with van der Waals surface area (Å²) in [6.07, 6.45) is 7.29. The normalized spacial score (nSPS) is 27.2. The molecular weight excluding hydrogens is 238 g/mol. The van der Waals surface area contributed by atoms with E-state index in [-0.39, 0.29) is 6.04 Å². The summed E-state index contributed by atoms with van der Waals surface area (Å²) in [5.41, 5.74) is 6.14. The lowest BCUT2D eigenvalue weighted by Gasteiger charge is -2.25. The maximum atomic E-state index is 6.14. The maximum absolute atomic E-state index is 6.14. The molecule has 1 fully saturated rings. The first-order chi connectivity index (χ1) is 9.15. The SMILES string of the molecule is CCC1CCC(c2noc([C@@H](N)C(C)CC)n2)CC1. The standard InChI is InChI=1S/C15H27N3O/c1-4-10(3)13(16)15-17-14(18-19-15)12-8-6-11(5-2)7-9-12/h10-13H,4-9,16H2,1-3H3/t10?,11?,12?,13-/m0/s1. The predicted molar refractivity (Wildman–Crippen MR) is 75.7 cm³/mol. The maximum Gasteiger partial charge on any atom is 0.243 e. The van der Waals surface area contributed by atoms with Crippen molar-refractivity contribution < 1.29 is 4.52 Å². The first-order valence-electron chi connectivity index (χ1n) is 7.74. The van der Waals surface area contributed by atoms with E-state index >= 15 is 0 Å². The van der Waals surface area contributed by atoms with Gasteiger partial charge in [-0.15, -0.1) is 0 Å². The van der Waals surface area contributed by atoms with E-state index in [0.717, 1.165) is 18.2 Å². The van der Waals surface area contributed by atoms with Crippen LogP contribution >= 0.6 is 0 Å². The van der Waals surface area contributed by atoms with Crippen molar-refractivity contribution in [3.05, 3.63) is 11.7 Å². The molecule has 108 valence electrons. The van der Waals surface area contributed by atoms with Crippen molar-refractivity contribution in [1.29, 1.82) is 0 Å². The zero-order valence-corrected chi connectivity index (χ0v) is 12.4. The summed E-state index contributed by atoms with van der Waals surface area (Å²) in [7, 11) is 0. The number of nitrogens with zero attached hydrogens (tertiary/aromatic N) is 2. The zero-order valence-electron chi connectivity index (χ0n) is 12.4. The van der Waals surface area contributed by atoms with Crippen LogP contribution in [0.4, 0.5) is 0 Å². The van der Waals surface area contributed by atoms with Crippen molar-refractivity contribution in [3.63, 3.8) is 0 Å². The Kier molecular flexibility index (Phi) is 4.97. The van der Waals surface area contributed by atoms with Gasteiger partial charge in [-0.3, -0.25) is 0 Å². The molecule has 0 aromatic carbocycles. The van der Waals surface area contributed by atoms with Crippen LogP contribution in [0.25, 0.3) is 0 Å².